The van der Waals surface area contributed by atoms with Crippen molar-refractivity contribution in [1.82, 2.24) is 9.96 Å². The molecule has 0 aliphatic carbocycles. The summed E-state index contributed by atoms with van der Waals surface area (Å²) in [6, 6.07) is 16.2. The first-order chi connectivity index (χ1) is 14.8. The van der Waals surface area contributed by atoms with Gasteiger partial charge in [0.05, 0.1) is 19.1 Å². The highest BCUT2D eigenvalue weighted by molar-refractivity contribution is 5.98. The molecule has 2 aromatic carbocycles. The van der Waals surface area contributed by atoms with E-state index in [1.165, 1.54) is 16.9 Å². The molecule has 2 N–H and O–H groups in total. The van der Waals surface area contributed by atoms with Crippen molar-refractivity contribution in [2.24, 2.45) is 0 Å². The van der Waals surface area contributed by atoms with Gasteiger partial charge in [-0.2, -0.15) is 5.06 Å². The second-order valence-corrected chi connectivity index (χ2v) is 7.63. The van der Waals surface area contributed by atoms with Crippen molar-refractivity contribution in [3.05, 3.63) is 60.7 Å². The summed E-state index contributed by atoms with van der Waals surface area (Å²) in [4.78, 5) is 40.6. The van der Waals surface area contributed by atoms with Crippen LogP contribution in [0, 0.1) is 0 Å². The molecule has 31 heavy (non-hydrogen) atoms. The van der Waals surface area contributed by atoms with Gasteiger partial charge < -0.3 is 15.0 Å². The third kappa shape index (κ3) is 4.46. The number of ether oxygens (including phenoxy) is 1. The van der Waals surface area contributed by atoms with Gasteiger partial charge in [-0.1, -0.05) is 36.4 Å². The number of hydroxylamine groups is 2. The van der Waals surface area contributed by atoms with Crippen molar-refractivity contribution in [1.29, 1.82) is 0 Å². The molecule has 0 bridgehead atoms. The molecule has 1 fully saturated rings. The lowest BCUT2D eigenvalue weighted by atomic mass is 9.99. The van der Waals surface area contributed by atoms with Crippen LogP contribution in [0.1, 0.15) is 20.3 Å². The Morgan fingerprint density at radius 3 is 2.26 bits per heavy atom. The molecule has 0 saturated carbocycles. The number of anilines is 2. The summed E-state index contributed by atoms with van der Waals surface area (Å²) in [7, 11) is 1.28. The van der Waals surface area contributed by atoms with Gasteiger partial charge in [0, 0.05) is 17.9 Å². The van der Waals surface area contributed by atoms with Gasteiger partial charge in [0.15, 0.2) is 6.17 Å². The molecule has 9 nitrogen and oxygen atoms in total. The van der Waals surface area contributed by atoms with Crippen LogP contribution in [-0.2, 0) is 9.53 Å². The predicted molar refractivity (Wildman–Crippen MR) is 115 cm³/mol. The van der Waals surface area contributed by atoms with Crippen molar-refractivity contribution in [2.45, 2.75) is 32.0 Å². The van der Waals surface area contributed by atoms with E-state index < -0.39 is 29.7 Å². The average molecular weight is 426 g/mol. The summed E-state index contributed by atoms with van der Waals surface area (Å²) in [6.45, 7) is 3.54. The van der Waals surface area contributed by atoms with Crippen LogP contribution in [0.25, 0.3) is 0 Å². The lowest BCUT2D eigenvalue weighted by molar-refractivity contribution is -0.141. The first-order valence-electron chi connectivity index (χ1n) is 9.84. The quantitative estimate of drug-likeness (QED) is 0.418. The number of amides is 4. The number of methoxy groups -OCH3 is 1. The van der Waals surface area contributed by atoms with E-state index in [4.69, 9.17) is 0 Å². The zero-order chi connectivity index (χ0) is 22.6. The Balaban J connectivity index is 1.94. The van der Waals surface area contributed by atoms with Crippen LogP contribution in [0.15, 0.2) is 60.7 Å². The summed E-state index contributed by atoms with van der Waals surface area (Å²) in [5, 5.41) is 14.1. The van der Waals surface area contributed by atoms with Gasteiger partial charge in [0.25, 0.3) is 0 Å². The Hall–Kier alpha value is -3.59. The zero-order valence-electron chi connectivity index (χ0n) is 17.7. The Morgan fingerprint density at radius 2 is 1.68 bits per heavy atom. The van der Waals surface area contributed by atoms with E-state index in [-0.39, 0.29) is 13.0 Å². The van der Waals surface area contributed by atoms with Crippen molar-refractivity contribution in [2.75, 3.05) is 23.9 Å². The van der Waals surface area contributed by atoms with Crippen molar-refractivity contribution in [3.8, 4) is 0 Å². The molecular weight excluding hydrogens is 400 g/mol. The van der Waals surface area contributed by atoms with E-state index in [2.05, 4.69) is 10.1 Å². The molecule has 0 spiro atoms. The molecule has 4 amide bonds. The van der Waals surface area contributed by atoms with Crippen LogP contribution in [0.3, 0.4) is 0 Å². The third-order valence-electron chi connectivity index (χ3n) is 5.28. The van der Waals surface area contributed by atoms with E-state index >= 15 is 0 Å². The molecule has 3 rings (SSSR count). The standard InChI is InChI=1S/C22H26N4O5/c1-22(2)19(26(30)20(28)23-16-10-6-4-7-11-16)25(17-12-8-5-9-13-17)21(29)24(22)15-14-18(27)31-3/h4-13,19,30H,14-15H2,1-3H3,(H,23,28). The minimum absolute atomic E-state index is 0.0112. The minimum Gasteiger partial charge on any atom is -0.469 e. The fourth-order valence-electron chi connectivity index (χ4n) is 3.69. The molecular formula is C22H26N4O5. The number of carbonyl (C=O) groups excluding carboxylic acids is 3. The molecule has 1 saturated heterocycles. The van der Waals surface area contributed by atoms with Crippen LogP contribution in [0.4, 0.5) is 21.0 Å². The van der Waals surface area contributed by atoms with Gasteiger partial charge in [0.1, 0.15) is 0 Å². The monoisotopic (exact) mass is 426 g/mol. The topological polar surface area (TPSA) is 102 Å². The molecule has 0 aromatic heterocycles. The number of urea groups is 2. The Labute approximate surface area is 180 Å². The van der Waals surface area contributed by atoms with Gasteiger partial charge in [-0.05, 0) is 38.1 Å². The maximum absolute atomic E-state index is 13.3. The molecule has 1 aliphatic rings. The molecule has 9 heteroatoms. The van der Waals surface area contributed by atoms with E-state index in [9.17, 15) is 19.6 Å². The fourth-order valence-corrected chi connectivity index (χ4v) is 3.69. The smallest absolute Gasteiger partial charge is 0.347 e. The van der Waals surface area contributed by atoms with Crippen LogP contribution < -0.4 is 10.2 Å². The van der Waals surface area contributed by atoms with Gasteiger partial charge in [-0.15, -0.1) is 0 Å². The number of nitrogens with zero attached hydrogens (tertiary/aromatic N) is 3. The van der Waals surface area contributed by atoms with Crippen molar-refractivity contribution >= 4 is 29.4 Å². The maximum Gasteiger partial charge on any atom is 0.347 e. The summed E-state index contributed by atoms with van der Waals surface area (Å²) < 4.78 is 4.69. The summed E-state index contributed by atoms with van der Waals surface area (Å²) in [6.07, 6.45) is -1.06. The van der Waals surface area contributed by atoms with E-state index in [0.717, 1.165) is 0 Å². The highest BCUT2D eigenvalue weighted by Crippen LogP contribution is 2.38. The summed E-state index contributed by atoms with van der Waals surface area (Å²) in [5.41, 5.74) is -0.0100. The summed E-state index contributed by atoms with van der Waals surface area (Å²) in [5.74, 6) is -0.457. The van der Waals surface area contributed by atoms with E-state index in [1.807, 2.05) is 0 Å². The van der Waals surface area contributed by atoms with Crippen molar-refractivity contribution < 1.29 is 24.3 Å². The molecule has 0 radical (unpaired) electrons. The van der Waals surface area contributed by atoms with E-state index in [1.54, 1.807) is 74.5 Å². The van der Waals surface area contributed by atoms with Crippen LogP contribution in [0.2, 0.25) is 0 Å². The Morgan fingerprint density at radius 1 is 1.10 bits per heavy atom. The molecule has 1 aliphatic heterocycles. The fraction of sp³-hybridized carbons (Fsp3) is 0.318. The van der Waals surface area contributed by atoms with Crippen LogP contribution in [0.5, 0.6) is 0 Å². The lowest BCUT2D eigenvalue weighted by Crippen LogP contribution is -2.58. The zero-order valence-corrected chi connectivity index (χ0v) is 17.7. The molecule has 1 heterocycles. The third-order valence-corrected chi connectivity index (χ3v) is 5.28. The number of esters is 1. The first-order valence-corrected chi connectivity index (χ1v) is 9.84. The van der Waals surface area contributed by atoms with Gasteiger partial charge in [0.2, 0.25) is 0 Å². The predicted octanol–water partition coefficient (Wildman–Crippen LogP) is 3.52. The number of carbonyl (C=O) groups is 3. The van der Waals surface area contributed by atoms with Gasteiger partial charge in [-0.25, -0.2) is 9.59 Å². The number of hydrogen-bond acceptors (Lipinski definition) is 5. The van der Waals surface area contributed by atoms with Crippen LogP contribution >= 0.6 is 0 Å². The highest BCUT2D eigenvalue weighted by Gasteiger charge is 2.56. The van der Waals surface area contributed by atoms with Gasteiger partial charge in [-0.3, -0.25) is 14.9 Å². The number of rotatable bonds is 6. The van der Waals surface area contributed by atoms with E-state index in [0.29, 0.717) is 16.4 Å². The second-order valence-electron chi connectivity index (χ2n) is 7.63. The normalized spacial score (nSPS) is 17.4. The Bertz CT molecular complexity index is 935. The SMILES string of the molecule is COC(=O)CCN1C(=O)N(c2ccccc2)C(N(O)C(=O)Nc2ccccc2)C1(C)C. The Kier molecular flexibility index (Phi) is 6.45. The van der Waals surface area contributed by atoms with Crippen LogP contribution in [-0.4, -0.2) is 58.6 Å². The largest absolute Gasteiger partial charge is 0.469 e. The number of nitrogens with one attached hydrogen (secondary N) is 1. The maximum atomic E-state index is 13.3. The molecule has 1 atom stereocenters. The second kappa shape index (κ2) is 9.05. The van der Waals surface area contributed by atoms with Gasteiger partial charge >= 0.3 is 18.0 Å². The highest BCUT2D eigenvalue weighted by atomic mass is 16.5. The molecule has 2 aromatic rings. The van der Waals surface area contributed by atoms with Crippen molar-refractivity contribution in [3.63, 3.8) is 0 Å². The average Bonchev–Trinajstić information content (AvgIpc) is 2.97. The molecule has 164 valence electrons. The number of benzene rings is 2. The lowest BCUT2D eigenvalue weighted by Gasteiger charge is -2.38. The number of para-hydroxylation sites is 2. The first kappa shape index (κ1) is 22.1. The minimum atomic E-state index is -1.05. The number of hydrogen-bond donors (Lipinski definition) is 2. The molecule has 1 unspecified atom stereocenters. The summed E-state index contributed by atoms with van der Waals surface area (Å²) >= 11 is 0.